The molecule has 188 valence electrons. The minimum Gasteiger partial charge on any atom is -0.504 e. The van der Waals surface area contributed by atoms with E-state index in [1.165, 1.54) is 33.5 Å². The SMILES string of the molecule is COc1cc(C=CC(OC)(OC)C(C)(C)C(=O)C=CC2(C)C=C(C#N)C(=O)C(C)(C)C2)ccc1O. The highest BCUT2D eigenvalue weighted by Crippen LogP contribution is 2.44. The predicted molar refractivity (Wildman–Crippen MR) is 134 cm³/mol. The van der Waals surface area contributed by atoms with Crippen molar-refractivity contribution in [2.75, 3.05) is 21.3 Å². The molecular weight excluding hydrogens is 446 g/mol. The molecule has 0 radical (unpaired) electrons. The number of phenolic OH excluding ortho intramolecular Hbond substituents is 1. The summed E-state index contributed by atoms with van der Waals surface area (Å²) in [6, 6.07) is 6.86. The van der Waals surface area contributed by atoms with E-state index in [0.29, 0.717) is 17.7 Å². The first-order valence-corrected chi connectivity index (χ1v) is 11.3. The Morgan fingerprint density at radius 3 is 2.34 bits per heavy atom. The molecule has 7 nitrogen and oxygen atoms in total. The van der Waals surface area contributed by atoms with E-state index >= 15 is 0 Å². The van der Waals surface area contributed by atoms with Gasteiger partial charge in [0.1, 0.15) is 6.07 Å². The number of Topliss-reactive ketones (excluding diaryl/α,β-unsaturated/α-hetero) is 1. The van der Waals surface area contributed by atoms with Gasteiger partial charge >= 0.3 is 0 Å². The standard InChI is InChI=1S/C28H35NO6/c1-25(2)18-27(5,16-20(17-29)24(25)32)13-12-23(31)26(3,4)28(34-7,35-8)14-11-19-9-10-21(30)22(15-19)33-6/h9-16,30H,18H2,1-8H3. The van der Waals surface area contributed by atoms with Crippen molar-refractivity contribution < 1.29 is 28.9 Å². The second kappa shape index (κ2) is 10.2. The number of phenols is 1. The van der Waals surface area contributed by atoms with E-state index in [1.807, 2.05) is 26.8 Å². The minimum absolute atomic E-state index is 0.0183. The van der Waals surface area contributed by atoms with Gasteiger partial charge in [0.15, 0.2) is 28.9 Å². The topological polar surface area (TPSA) is 106 Å². The van der Waals surface area contributed by atoms with Crippen molar-refractivity contribution in [2.45, 2.75) is 46.8 Å². The van der Waals surface area contributed by atoms with E-state index < -0.39 is 22.0 Å². The Morgan fingerprint density at radius 2 is 1.80 bits per heavy atom. The molecule has 0 saturated carbocycles. The van der Waals surface area contributed by atoms with Crippen molar-refractivity contribution in [1.82, 2.24) is 0 Å². The van der Waals surface area contributed by atoms with Gasteiger partial charge in [-0.2, -0.15) is 5.26 Å². The van der Waals surface area contributed by atoms with Gasteiger partial charge < -0.3 is 19.3 Å². The number of nitriles is 1. The van der Waals surface area contributed by atoms with Gasteiger partial charge in [0.05, 0.1) is 18.1 Å². The zero-order chi connectivity index (χ0) is 26.7. The fourth-order valence-electron chi connectivity index (χ4n) is 4.62. The zero-order valence-corrected chi connectivity index (χ0v) is 21.8. The summed E-state index contributed by atoms with van der Waals surface area (Å²) in [5, 5.41) is 19.2. The molecule has 0 aromatic heterocycles. The van der Waals surface area contributed by atoms with E-state index in [1.54, 1.807) is 50.3 Å². The van der Waals surface area contributed by atoms with Gasteiger partial charge in [0, 0.05) is 25.0 Å². The third-order valence-electron chi connectivity index (χ3n) is 6.68. The molecule has 7 heteroatoms. The second-order valence-electron chi connectivity index (χ2n) is 10.2. The molecule has 1 aliphatic carbocycles. The number of hydrogen-bond donors (Lipinski definition) is 1. The van der Waals surface area contributed by atoms with Crippen LogP contribution >= 0.6 is 0 Å². The fraction of sp³-hybridized carbons (Fsp3) is 0.464. The number of nitrogens with zero attached hydrogens (tertiary/aromatic N) is 1. The van der Waals surface area contributed by atoms with Crippen LogP contribution in [0.4, 0.5) is 0 Å². The number of allylic oxidation sites excluding steroid dienone is 4. The quantitative estimate of drug-likeness (QED) is 0.390. The van der Waals surface area contributed by atoms with Crippen LogP contribution in [0.25, 0.3) is 6.08 Å². The summed E-state index contributed by atoms with van der Waals surface area (Å²) in [6.07, 6.45) is 8.70. The first-order valence-electron chi connectivity index (χ1n) is 11.3. The predicted octanol–water partition coefficient (Wildman–Crippen LogP) is 5.01. The number of ketones is 2. The summed E-state index contributed by atoms with van der Waals surface area (Å²) in [6.45, 7) is 8.96. The van der Waals surface area contributed by atoms with Gasteiger partial charge in [0.2, 0.25) is 0 Å². The van der Waals surface area contributed by atoms with Gasteiger partial charge in [-0.25, -0.2) is 0 Å². The van der Waals surface area contributed by atoms with Gasteiger partial charge in [-0.15, -0.1) is 0 Å². The number of hydrogen-bond acceptors (Lipinski definition) is 7. The second-order valence-corrected chi connectivity index (χ2v) is 10.2. The zero-order valence-electron chi connectivity index (χ0n) is 21.8. The lowest BCUT2D eigenvalue weighted by molar-refractivity contribution is -0.227. The highest BCUT2D eigenvalue weighted by molar-refractivity contribution is 6.04. The van der Waals surface area contributed by atoms with Crippen LogP contribution < -0.4 is 4.74 Å². The van der Waals surface area contributed by atoms with Crippen molar-refractivity contribution >= 4 is 17.6 Å². The number of methoxy groups -OCH3 is 3. The normalized spacial score (nSPS) is 20.7. The molecular formula is C28H35NO6. The third kappa shape index (κ3) is 5.55. The molecule has 0 amide bonds. The van der Waals surface area contributed by atoms with E-state index in [-0.39, 0.29) is 22.9 Å². The first kappa shape index (κ1) is 28.0. The molecule has 1 N–H and O–H groups in total. The number of rotatable bonds is 9. The van der Waals surface area contributed by atoms with Gasteiger partial charge in [0.25, 0.3) is 0 Å². The average molecular weight is 482 g/mol. The van der Waals surface area contributed by atoms with Crippen molar-refractivity contribution in [3.05, 3.63) is 53.6 Å². The van der Waals surface area contributed by atoms with Crippen LogP contribution in [0.15, 0.2) is 48.1 Å². The Labute approximate surface area is 207 Å². The molecule has 1 aliphatic rings. The molecule has 35 heavy (non-hydrogen) atoms. The Hall–Kier alpha value is -3.21. The Balaban J connectivity index is 2.40. The Kier molecular flexibility index (Phi) is 8.16. The fourth-order valence-corrected chi connectivity index (χ4v) is 4.62. The summed E-state index contributed by atoms with van der Waals surface area (Å²) >= 11 is 0. The van der Waals surface area contributed by atoms with E-state index in [4.69, 9.17) is 14.2 Å². The van der Waals surface area contributed by atoms with Crippen LogP contribution in [-0.2, 0) is 19.1 Å². The third-order valence-corrected chi connectivity index (χ3v) is 6.68. The summed E-state index contributed by atoms with van der Waals surface area (Å²) < 4.78 is 16.6. The first-order chi connectivity index (χ1) is 16.2. The molecule has 1 unspecified atom stereocenters. The molecule has 0 saturated heterocycles. The largest absolute Gasteiger partial charge is 0.504 e. The molecule has 0 spiro atoms. The van der Waals surface area contributed by atoms with E-state index in [2.05, 4.69) is 0 Å². The maximum atomic E-state index is 13.5. The van der Waals surface area contributed by atoms with Crippen molar-refractivity contribution in [1.29, 1.82) is 5.26 Å². The van der Waals surface area contributed by atoms with Crippen LogP contribution in [0.1, 0.15) is 46.6 Å². The van der Waals surface area contributed by atoms with Crippen LogP contribution in [0, 0.1) is 27.6 Å². The van der Waals surface area contributed by atoms with Crippen molar-refractivity contribution in [2.24, 2.45) is 16.2 Å². The highest BCUT2D eigenvalue weighted by atomic mass is 16.7. The van der Waals surface area contributed by atoms with Crippen LogP contribution in [-0.4, -0.2) is 43.8 Å². The molecule has 0 aliphatic heterocycles. The highest BCUT2D eigenvalue weighted by Gasteiger charge is 2.49. The van der Waals surface area contributed by atoms with Gasteiger partial charge in [-0.05, 0) is 50.1 Å². The van der Waals surface area contributed by atoms with E-state index in [0.717, 1.165) is 0 Å². The summed E-state index contributed by atoms with van der Waals surface area (Å²) in [7, 11) is 4.38. The average Bonchev–Trinajstić information content (AvgIpc) is 2.81. The van der Waals surface area contributed by atoms with Crippen LogP contribution in [0.5, 0.6) is 11.5 Å². The van der Waals surface area contributed by atoms with Crippen molar-refractivity contribution in [3.8, 4) is 17.6 Å². The van der Waals surface area contributed by atoms with Gasteiger partial charge in [-0.3, -0.25) is 9.59 Å². The molecule has 1 aromatic rings. The monoisotopic (exact) mass is 481 g/mol. The number of benzene rings is 1. The number of carbonyl (C=O) groups excluding carboxylic acids is 2. The van der Waals surface area contributed by atoms with Crippen LogP contribution in [0.3, 0.4) is 0 Å². The van der Waals surface area contributed by atoms with Crippen LogP contribution in [0.2, 0.25) is 0 Å². The summed E-state index contributed by atoms with van der Waals surface area (Å²) in [4.78, 5) is 25.9. The lowest BCUT2D eigenvalue weighted by Crippen LogP contribution is -2.50. The minimum atomic E-state index is -1.41. The Morgan fingerprint density at radius 1 is 1.17 bits per heavy atom. The molecule has 1 aromatic carbocycles. The Bertz CT molecular complexity index is 1110. The van der Waals surface area contributed by atoms with Crippen molar-refractivity contribution in [3.63, 3.8) is 0 Å². The molecule has 2 rings (SSSR count). The smallest absolute Gasteiger partial charge is 0.200 e. The lowest BCUT2D eigenvalue weighted by atomic mass is 9.65. The van der Waals surface area contributed by atoms with E-state index in [9.17, 15) is 20.0 Å². The lowest BCUT2D eigenvalue weighted by Gasteiger charge is -2.41. The summed E-state index contributed by atoms with van der Waals surface area (Å²) in [5.74, 6) is -1.51. The maximum absolute atomic E-state index is 13.5. The maximum Gasteiger partial charge on any atom is 0.200 e. The number of aromatic hydroxyl groups is 1. The number of carbonyl (C=O) groups is 2. The summed E-state index contributed by atoms with van der Waals surface area (Å²) in [5.41, 5.74) is -1.69. The number of ether oxygens (including phenoxy) is 3. The molecule has 0 heterocycles. The molecule has 0 bridgehead atoms. The molecule has 0 fully saturated rings. The molecule has 1 atom stereocenters. The van der Waals surface area contributed by atoms with Gasteiger partial charge in [-0.1, -0.05) is 45.1 Å².